The molecule has 80 valence electrons. The molecule has 0 amide bonds. The first kappa shape index (κ1) is 10.8. The number of nitrogens with zero attached hydrogens (tertiary/aromatic N) is 1. The van der Waals surface area contributed by atoms with Gasteiger partial charge in [0.1, 0.15) is 0 Å². The summed E-state index contributed by atoms with van der Waals surface area (Å²) in [6.45, 7) is 0. The number of benzene rings is 1. The predicted octanol–water partition coefficient (Wildman–Crippen LogP) is 2.41. The van der Waals surface area contributed by atoms with E-state index in [9.17, 15) is 9.59 Å². The fourth-order valence-corrected chi connectivity index (χ4v) is 1.67. The van der Waals surface area contributed by atoms with Gasteiger partial charge in [-0.1, -0.05) is 15.9 Å². The Morgan fingerprint density at radius 1 is 1.12 bits per heavy atom. The Labute approximate surface area is 100 Å². The molecule has 1 aromatic carbocycles. The Balaban J connectivity index is 2.60. The van der Waals surface area contributed by atoms with Gasteiger partial charge in [-0.05, 0) is 36.4 Å². The molecule has 0 aliphatic heterocycles. The summed E-state index contributed by atoms with van der Waals surface area (Å²) in [7, 11) is 0. The highest BCUT2D eigenvalue weighted by Crippen LogP contribution is 2.12. The summed E-state index contributed by atoms with van der Waals surface area (Å²) in [5.41, 5.74) is 0.585. The smallest absolute Gasteiger partial charge is 0.265 e. The van der Waals surface area contributed by atoms with Crippen LogP contribution in [0.25, 0.3) is 5.69 Å². The maximum atomic E-state index is 11.8. The number of hydrogen-bond acceptors (Lipinski definition) is 2. The minimum Gasteiger partial charge on any atom is -0.298 e. The number of hydrogen-bond donors (Lipinski definition) is 0. The van der Waals surface area contributed by atoms with Crippen molar-refractivity contribution in [3.05, 3.63) is 63.0 Å². The molecule has 0 N–H and O–H groups in total. The fourth-order valence-electron chi connectivity index (χ4n) is 1.41. The van der Waals surface area contributed by atoms with Gasteiger partial charge in [0.2, 0.25) is 0 Å². The van der Waals surface area contributed by atoms with Crippen LogP contribution in [0.5, 0.6) is 0 Å². The third-order valence-corrected chi connectivity index (χ3v) is 2.74. The zero-order chi connectivity index (χ0) is 11.5. The van der Waals surface area contributed by atoms with E-state index in [0.29, 0.717) is 6.29 Å². The largest absolute Gasteiger partial charge is 0.298 e. The molecule has 0 unspecified atom stereocenters. The van der Waals surface area contributed by atoms with E-state index in [1.54, 1.807) is 24.4 Å². The lowest BCUT2D eigenvalue weighted by Crippen LogP contribution is -2.20. The summed E-state index contributed by atoms with van der Waals surface area (Å²) in [4.78, 5) is 22.4. The average Bonchev–Trinajstić information content (AvgIpc) is 2.31. The third-order valence-electron chi connectivity index (χ3n) is 2.21. The molecule has 0 saturated heterocycles. The van der Waals surface area contributed by atoms with Crippen LogP contribution in [0.4, 0.5) is 0 Å². The van der Waals surface area contributed by atoms with E-state index in [1.807, 2.05) is 12.1 Å². The van der Waals surface area contributed by atoms with Gasteiger partial charge in [0.25, 0.3) is 5.56 Å². The number of aldehydes is 1. The van der Waals surface area contributed by atoms with Crippen LogP contribution in [0, 0.1) is 0 Å². The molecule has 1 heterocycles. The molecule has 3 nitrogen and oxygen atoms in total. The zero-order valence-electron chi connectivity index (χ0n) is 8.26. The molecular formula is C12H8BrNO2. The summed E-state index contributed by atoms with van der Waals surface area (Å²) in [6.07, 6.45) is 2.20. The van der Waals surface area contributed by atoms with Crippen LogP contribution in [0.2, 0.25) is 0 Å². The summed E-state index contributed by atoms with van der Waals surface area (Å²) < 4.78 is 2.38. The van der Waals surface area contributed by atoms with Crippen molar-refractivity contribution in [2.24, 2.45) is 0 Å². The summed E-state index contributed by atoms with van der Waals surface area (Å²) >= 11 is 3.32. The maximum absolute atomic E-state index is 11.8. The second-order valence-electron chi connectivity index (χ2n) is 3.23. The zero-order valence-corrected chi connectivity index (χ0v) is 9.85. The van der Waals surface area contributed by atoms with E-state index < -0.39 is 0 Å². The Kier molecular flexibility index (Phi) is 3.01. The second-order valence-corrected chi connectivity index (χ2v) is 4.15. The first-order valence-corrected chi connectivity index (χ1v) is 5.44. The van der Waals surface area contributed by atoms with Gasteiger partial charge in [0, 0.05) is 16.4 Å². The van der Waals surface area contributed by atoms with Gasteiger partial charge in [-0.2, -0.15) is 0 Å². The van der Waals surface area contributed by atoms with Gasteiger partial charge in [-0.15, -0.1) is 0 Å². The molecule has 2 rings (SSSR count). The van der Waals surface area contributed by atoms with Crippen molar-refractivity contribution in [2.75, 3.05) is 0 Å². The number of carbonyl (C=O) groups excluding carboxylic acids is 1. The topological polar surface area (TPSA) is 39.1 Å². The Bertz CT molecular complexity index is 572. The lowest BCUT2D eigenvalue weighted by Gasteiger charge is -2.05. The molecule has 0 fully saturated rings. The van der Waals surface area contributed by atoms with Crippen molar-refractivity contribution in [3.63, 3.8) is 0 Å². The van der Waals surface area contributed by atoms with Crippen LogP contribution >= 0.6 is 15.9 Å². The normalized spacial score (nSPS) is 10.1. The Hall–Kier alpha value is -1.68. The molecule has 0 bridgehead atoms. The lowest BCUT2D eigenvalue weighted by molar-refractivity contribution is 0.112. The summed E-state index contributed by atoms with van der Waals surface area (Å²) in [6, 6.07) is 10.5. The van der Waals surface area contributed by atoms with Crippen LogP contribution in [0.1, 0.15) is 10.4 Å². The maximum Gasteiger partial charge on any atom is 0.265 e. The van der Waals surface area contributed by atoms with E-state index >= 15 is 0 Å². The second kappa shape index (κ2) is 4.45. The average molecular weight is 278 g/mol. The van der Waals surface area contributed by atoms with Gasteiger partial charge in [-0.25, -0.2) is 0 Å². The Morgan fingerprint density at radius 3 is 2.44 bits per heavy atom. The SMILES string of the molecule is O=Cc1cccn(-c2ccc(Br)cc2)c1=O. The molecule has 0 aliphatic rings. The molecule has 1 aromatic heterocycles. The first-order chi connectivity index (χ1) is 7.72. The van der Waals surface area contributed by atoms with Crippen molar-refractivity contribution >= 4 is 22.2 Å². The summed E-state index contributed by atoms with van der Waals surface area (Å²) in [5.74, 6) is 0. The van der Waals surface area contributed by atoms with E-state index in [2.05, 4.69) is 15.9 Å². The van der Waals surface area contributed by atoms with E-state index in [-0.39, 0.29) is 11.1 Å². The predicted molar refractivity (Wildman–Crippen MR) is 65.1 cm³/mol. The molecule has 0 atom stereocenters. The number of halogens is 1. The minimum absolute atomic E-state index is 0.158. The van der Waals surface area contributed by atoms with Gasteiger partial charge in [0.05, 0.1) is 5.56 Å². The quantitative estimate of drug-likeness (QED) is 0.791. The molecule has 0 radical (unpaired) electrons. The van der Waals surface area contributed by atoms with Gasteiger partial charge in [0.15, 0.2) is 6.29 Å². The highest BCUT2D eigenvalue weighted by atomic mass is 79.9. The lowest BCUT2D eigenvalue weighted by atomic mass is 10.2. The minimum atomic E-state index is -0.306. The monoisotopic (exact) mass is 277 g/mol. The van der Waals surface area contributed by atoms with Crippen molar-refractivity contribution in [1.29, 1.82) is 0 Å². The van der Waals surface area contributed by atoms with Crippen LogP contribution in [0.15, 0.2) is 51.9 Å². The van der Waals surface area contributed by atoms with Crippen LogP contribution in [-0.4, -0.2) is 10.9 Å². The van der Waals surface area contributed by atoms with Crippen molar-refractivity contribution in [2.45, 2.75) is 0 Å². The Morgan fingerprint density at radius 2 is 1.81 bits per heavy atom. The van der Waals surface area contributed by atoms with E-state index in [0.717, 1.165) is 10.2 Å². The molecule has 16 heavy (non-hydrogen) atoms. The van der Waals surface area contributed by atoms with Crippen molar-refractivity contribution in [1.82, 2.24) is 4.57 Å². The first-order valence-electron chi connectivity index (χ1n) is 4.65. The fraction of sp³-hybridized carbons (Fsp3) is 0. The molecule has 0 spiro atoms. The highest BCUT2D eigenvalue weighted by Gasteiger charge is 2.03. The molecule has 0 aliphatic carbocycles. The number of pyridine rings is 1. The standard InChI is InChI=1S/C12H8BrNO2/c13-10-3-5-11(6-4-10)14-7-1-2-9(8-15)12(14)16/h1-8H. The molecule has 0 saturated carbocycles. The van der Waals surface area contributed by atoms with E-state index in [1.165, 1.54) is 10.6 Å². The molecular weight excluding hydrogens is 270 g/mol. The van der Waals surface area contributed by atoms with E-state index in [4.69, 9.17) is 0 Å². The van der Waals surface area contributed by atoms with Crippen molar-refractivity contribution in [3.8, 4) is 5.69 Å². The molecule has 2 aromatic rings. The number of rotatable bonds is 2. The van der Waals surface area contributed by atoms with Crippen LogP contribution < -0.4 is 5.56 Å². The third kappa shape index (κ3) is 1.97. The number of aromatic nitrogens is 1. The van der Waals surface area contributed by atoms with Gasteiger partial charge >= 0.3 is 0 Å². The van der Waals surface area contributed by atoms with Crippen LogP contribution in [0.3, 0.4) is 0 Å². The van der Waals surface area contributed by atoms with Crippen LogP contribution in [-0.2, 0) is 0 Å². The van der Waals surface area contributed by atoms with Gasteiger partial charge < -0.3 is 0 Å². The summed E-state index contributed by atoms with van der Waals surface area (Å²) in [5, 5.41) is 0. The highest BCUT2D eigenvalue weighted by molar-refractivity contribution is 9.10. The van der Waals surface area contributed by atoms with Crippen molar-refractivity contribution < 1.29 is 4.79 Å². The number of carbonyl (C=O) groups is 1. The van der Waals surface area contributed by atoms with Gasteiger partial charge in [-0.3, -0.25) is 14.2 Å². The molecule has 4 heteroatoms.